The lowest BCUT2D eigenvalue weighted by molar-refractivity contribution is 0.271. The second kappa shape index (κ2) is 3.84. The van der Waals surface area contributed by atoms with Crippen LogP contribution in [0.25, 0.3) is 0 Å². The average molecular weight is 231 g/mol. The van der Waals surface area contributed by atoms with Crippen LogP contribution < -0.4 is 0 Å². The molecule has 0 aliphatic carbocycles. The molecular weight excluding hydrogens is 212 g/mol. The first kappa shape index (κ1) is 9.66. The smallest absolute Gasteiger partial charge is 0.203 e. The minimum Gasteiger partial charge on any atom is -0.477 e. The third kappa shape index (κ3) is 2.34. The molecule has 0 bridgehead atoms. The molecule has 1 aromatic carbocycles. The van der Waals surface area contributed by atoms with Crippen LogP contribution in [0.1, 0.15) is 20.8 Å². The molecule has 2 atom stereocenters. The van der Waals surface area contributed by atoms with Gasteiger partial charge in [0, 0.05) is 13.1 Å². The zero-order valence-electron chi connectivity index (χ0n) is 11.3. The van der Waals surface area contributed by atoms with Gasteiger partial charge in [0.05, 0.1) is 12.9 Å². The number of nitrogens with zero attached hydrogens (tertiary/aromatic N) is 2. The van der Waals surface area contributed by atoms with E-state index in [0.29, 0.717) is 19.0 Å². The molecule has 0 amide bonds. The van der Waals surface area contributed by atoms with Crippen LogP contribution >= 0.6 is 0 Å². The summed E-state index contributed by atoms with van der Waals surface area (Å²) in [7, 11) is 0. The van der Waals surface area contributed by atoms with E-state index < -0.39 is 6.02 Å². The monoisotopic (exact) mass is 231 g/mol. The summed E-state index contributed by atoms with van der Waals surface area (Å²) in [5.74, 6) is 0.587. The lowest BCUT2D eigenvalue weighted by Crippen LogP contribution is -2.17. The van der Waals surface area contributed by atoms with Crippen molar-refractivity contribution >= 4 is 5.90 Å². The van der Waals surface area contributed by atoms with Crippen molar-refractivity contribution in [2.45, 2.75) is 31.9 Å². The minimum absolute atomic E-state index is 0.176. The largest absolute Gasteiger partial charge is 0.477 e. The summed E-state index contributed by atoms with van der Waals surface area (Å²) in [4.78, 5) is 6.58. The molecular formula is C14H18N2O. The molecule has 17 heavy (non-hydrogen) atoms. The molecule has 2 aliphatic rings. The number of aliphatic imine (C=N–C) groups is 1. The highest BCUT2D eigenvalue weighted by atomic mass is 16.5. The van der Waals surface area contributed by atoms with Crippen LogP contribution in [0.15, 0.2) is 35.3 Å². The summed E-state index contributed by atoms with van der Waals surface area (Å²) >= 11 is 0. The van der Waals surface area contributed by atoms with Gasteiger partial charge < -0.3 is 4.74 Å². The van der Waals surface area contributed by atoms with Crippen molar-refractivity contribution in [2.24, 2.45) is 4.99 Å². The first-order chi connectivity index (χ1) is 8.50. The number of rotatable bonds is 3. The quantitative estimate of drug-likeness (QED) is 0.744. The molecule has 2 unspecified atom stereocenters. The van der Waals surface area contributed by atoms with Crippen LogP contribution in [0, 0.1) is 0 Å². The second-order valence-electron chi connectivity index (χ2n) is 5.31. The molecule has 3 heteroatoms. The van der Waals surface area contributed by atoms with Crippen molar-refractivity contribution in [3.8, 4) is 0 Å². The molecule has 90 valence electrons. The van der Waals surface area contributed by atoms with E-state index in [2.05, 4.69) is 22.0 Å². The van der Waals surface area contributed by atoms with Gasteiger partial charge >= 0.3 is 0 Å². The SMILES string of the molecule is [2H]C1(C2=NC(C)(C)CO2)CN1Cc1ccccc1. The fraction of sp³-hybridized carbons (Fsp3) is 0.500. The molecule has 0 radical (unpaired) electrons. The molecule has 1 saturated heterocycles. The maximum atomic E-state index is 8.39. The Balaban J connectivity index is 1.70. The van der Waals surface area contributed by atoms with E-state index in [1.807, 2.05) is 32.0 Å². The van der Waals surface area contributed by atoms with Crippen LogP contribution in [0.4, 0.5) is 0 Å². The Kier molecular flexibility index (Phi) is 2.18. The Morgan fingerprint density at radius 1 is 1.47 bits per heavy atom. The molecule has 2 heterocycles. The highest BCUT2D eigenvalue weighted by Crippen LogP contribution is 2.28. The topological polar surface area (TPSA) is 24.6 Å². The average Bonchev–Trinajstić information content (AvgIpc) is 2.81. The van der Waals surface area contributed by atoms with Gasteiger partial charge in [-0.25, -0.2) is 4.99 Å². The maximum absolute atomic E-state index is 8.39. The van der Waals surface area contributed by atoms with Crippen LogP contribution in [0.5, 0.6) is 0 Å². The predicted molar refractivity (Wildman–Crippen MR) is 68.1 cm³/mol. The first-order valence-electron chi connectivity index (χ1n) is 6.52. The van der Waals surface area contributed by atoms with Crippen LogP contribution in [0.3, 0.4) is 0 Å². The molecule has 0 N–H and O–H groups in total. The van der Waals surface area contributed by atoms with E-state index in [0.717, 1.165) is 6.54 Å². The molecule has 2 aliphatic heterocycles. The van der Waals surface area contributed by atoms with Gasteiger partial charge in [0.1, 0.15) is 6.61 Å². The normalized spacial score (nSPS) is 34.8. The fourth-order valence-electron chi connectivity index (χ4n) is 2.04. The summed E-state index contributed by atoms with van der Waals surface area (Å²) in [6.07, 6.45) is 0. The van der Waals surface area contributed by atoms with Crippen molar-refractivity contribution in [3.63, 3.8) is 0 Å². The van der Waals surface area contributed by atoms with E-state index in [4.69, 9.17) is 6.11 Å². The lowest BCUT2D eigenvalue weighted by Gasteiger charge is -2.07. The highest BCUT2D eigenvalue weighted by Gasteiger charge is 2.43. The third-order valence-electron chi connectivity index (χ3n) is 3.05. The van der Waals surface area contributed by atoms with E-state index in [1.54, 1.807) is 0 Å². The summed E-state index contributed by atoms with van der Waals surface area (Å²) in [6, 6.07) is 9.49. The molecule has 3 nitrogen and oxygen atoms in total. The van der Waals surface area contributed by atoms with Gasteiger partial charge in [0.15, 0.2) is 0 Å². The van der Waals surface area contributed by atoms with Gasteiger partial charge in [-0.2, -0.15) is 0 Å². The van der Waals surface area contributed by atoms with Gasteiger partial charge in [0.25, 0.3) is 0 Å². The maximum Gasteiger partial charge on any atom is 0.203 e. The molecule has 3 rings (SSSR count). The zero-order chi connectivity index (χ0) is 12.8. The Morgan fingerprint density at radius 2 is 2.24 bits per heavy atom. The van der Waals surface area contributed by atoms with E-state index in [1.165, 1.54) is 5.56 Å². The van der Waals surface area contributed by atoms with E-state index >= 15 is 0 Å². The minimum atomic E-state index is -0.733. The van der Waals surface area contributed by atoms with E-state index in [9.17, 15) is 0 Å². The second-order valence-corrected chi connectivity index (χ2v) is 5.31. The van der Waals surface area contributed by atoms with Crippen molar-refractivity contribution in [3.05, 3.63) is 35.9 Å². The Bertz CT molecular complexity index is 486. The van der Waals surface area contributed by atoms with Gasteiger partial charge in [-0.1, -0.05) is 30.3 Å². The van der Waals surface area contributed by atoms with Crippen LogP contribution in [0.2, 0.25) is 0 Å². The molecule has 0 saturated carbocycles. The third-order valence-corrected chi connectivity index (χ3v) is 3.05. The van der Waals surface area contributed by atoms with Crippen LogP contribution in [-0.2, 0) is 11.3 Å². The Morgan fingerprint density at radius 3 is 2.88 bits per heavy atom. The molecule has 0 aromatic heterocycles. The summed E-state index contributed by atoms with van der Waals surface area (Å²) < 4.78 is 14.0. The van der Waals surface area contributed by atoms with Gasteiger partial charge in [0.2, 0.25) is 5.90 Å². The summed E-state index contributed by atoms with van der Waals surface area (Å²) in [5, 5.41) is 0. The number of hydrogen-bond acceptors (Lipinski definition) is 3. The van der Waals surface area contributed by atoms with Gasteiger partial charge in [-0.3, -0.25) is 4.90 Å². The number of benzene rings is 1. The standard InChI is InChI=1S/C14H18N2O/c1-14(2)10-17-13(15-14)12-9-16(12)8-11-6-4-3-5-7-11/h3-7,12H,8-10H2,1-2H3/i12D. The fourth-order valence-corrected chi connectivity index (χ4v) is 2.04. The first-order valence-corrected chi connectivity index (χ1v) is 6.02. The summed E-state index contributed by atoms with van der Waals surface area (Å²) in [6.45, 7) is 6.15. The van der Waals surface area contributed by atoms with Gasteiger partial charge in [-0.15, -0.1) is 0 Å². The Hall–Kier alpha value is -1.35. The van der Waals surface area contributed by atoms with E-state index in [-0.39, 0.29) is 5.54 Å². The zero-order valence-corrected chi connectivity index (χ0v) is 10.3. The number of ether oxygens (including phenoxy) is 1. The lowest BCUT2D eigenvalue weighted by atomic mass is 10.1. The van der Waals surface area contributed by atoms with Crippen molar-refractivity contribution in [1.82, 2.24) is 4.90 Å². The highest BCUT2D eigenvalue weighted by molar-refractivity contribution is 5.86. The molecule has 1 fully saturated rings. The predicted octanol–water partition coefficient (Wildman–Crippen LogP) is 2.08. The number of hydrogen-bond donors (Lipinski definition) is 0. The van der Waals surface area contributed by atoms with Crippen LogP contribution in [-0.4, -0.2) is 35.5 Å². The Labute approximate surface area is 104 Å². The molecule has 1 aromatic rings. The van der Waals surface area contributed by atoms with Crippen molar-refractivity contribution < 1.29 is 6.11 Å². The summed E-state index contributed by atoms with van der Waals surface area (Å²) in [5.41, 5.74) is 1.05. The molecule has 0 spiro atoms. The van der Waals surface area contributed by atoms with Crippen molar-refractivity contribution in [1.29, 1.82) is 0 Å². The van der Waals surface area contributed by atoms with Gasteiger partial charge in [-0.05, 0) is 19.4 Å². The van der Waals surface area contributed by atoms with Crippen molar-refractivity contribution in [2.75, 3.05) is 13.2 Å².